The minimum Gasteiger partial charge on any atom is -0.490 e. The number of amidine groups is 2. The van der Waals surface area contributed by atoms with Gasteiger partial charge < -0.3 is 9.47 Å². The summed E-state index contributed by atoms with van der Waals surface area (Å²) in [5.41, 5.74) is 1.03. The molecule has 0 radical (unpaired) electrons. The summed E-state index contributed by atoms with van der Waals surface area (Å²) in [5.74, 6) is -0.397. The Morgan fingerprint density at radius 1 is 1.21 bits per heavy atom. The maximum atomic E-state index is 12.6. The van der Waals surface area contributed by atoms with Crippen molar-refractivity contribution in [2.75, 3.05) is 6.61 Å². The number of hydrogen-bond donors (Lipinski definition) is 1. The number of amides is 1. The minimum absolute atomic E-state index is 0.0469. The first-order chi connectivity index (χ1) is 16.3. The predicted octanol–water partition coefficient (Wildman–Crippen LogP) is 5.23. The quantitative estimate of drug-likeness (QED) is 0.333. The molecule has 0 unspecified atom stereocenters. The number of thioether (sulfide) groups is 1. The lowest BCUT2D eigenvalue weighted by Crippen LogP contribution is -2.35. The fraction of sp³-hybridized carbons (Fsp3) is 0.208. The van der Waals surface area contributed by atoms with Gasteiger partial charge in [-0.05, 0) is 66.7 Å². The second-order valence-electron chi connectivity index (χ2n) is 7.65. The van der Waals surface area contributed by atoms with E-state index in [4.69, 9.17) is 26.5 Å². The highest BCUT2D eigenvalue weighted by molar-refractivity contribution is 8.27. The molecule has 0 aliphatic carbocycles. The molecule has 0 atom stereocenters. The molecule has 2 aromatic rings. The molecule has 174 valence electrons. The van der Waals surface area contributed by atoms with E-state index < -0.39 is 11.9 Å². The van der Waals surface area contributed by atoms with Crippen LogP contribution in [-0.4, -0.2) is 39.5 Å². The van der Waals surface area contributed by atoms with Gasteiger partial charge in [-0.15, -0.1) is 0 Å². The van der Waals surface area contributed by atoms with Crippen molar-refractivity contribution in [2.24, 2.45) is 16.0 Å². The van der Waals surface area contributed by atoms with E-state index in [0.29, 0.717) is 33.7 Å². The van der Waals surface area contributed by atoms with Crippen molar-refractivity contribution in [3.05, 3.63) is 64.2 Å². The third-order valence-electron chi connectivity index (χ3n) is 4.83. The third-order valence-corrected chi connectivity index (χ3v) is 6.29. The molecule has 0 saturated heterocycles. The van der Waals surface area contributed by atoms with Gasteiger partial charge in [-0.1, -0.05) is 31.5 Å². The number of carbonyl (C=O) groups is 2. The van der Waals surface area contributed by atoms with Crippen LogP contribution in [0.15, 0.2) is 58.1 Å². The fourth-order valence-corrected chi connectivity index (χ4v) is 4.14. The van der Waals surface area contributed by atoms with Gasteiger partial charge in [-0.25, -0.2) is 4.79 Å². The highest BCUT2D eigenvalue weighted by atomic mass is 35.5. The summed E-state index contributed by atoms with van der Waals surface area (Å²) in [6, 6.07) is 11.2. The Labute approximate surface area is 205 Å². The summed E-state index contributed by atoms with van der Waals surface area (Å²) in [4.78, 5) is 29.2. The first kappa shape index (κ1) is 23.7. The predicted molar refractivity (Wildman–Crippen MR) is 134 cm³/mol. The van der Waals surface area contributed by atoms with Crippen molar-refractivity contribution >= 4 is 57.4 Å². The topological polar surface area (TPSA) is 104 Å². The molecule has 0 fully saturated rings. The standard InChI is InChI=1S/C24H21ClN4O4S/c1-4-32-19-12-14(5-10-18(19)33-23(31)15-6-8-16(25)9-7-15)11-17-20(26)29-24(27-21(17)30)34-22(28-29)13(2)3/h5-13,26H,4H2,1-3H3/b17-11+,26-20?. The Bertz CT molecular complexity index is 1270. The van der Waals surface area contributed by atoms with Crippen LogP contribution in [0.1, 0.15) is 36.7 Å². The smallest absolute Gasteiger partial charge is 0.343 e. The fourth-order valence-electron chi connectivity index (χ4n) is 3.12. The zero-order valence-corrected chi connectivity index (χ0v) is 20.2. The van der Waals surface area contributed by atoms with E-state index in [-0.39, 0.29) is 23.1 Å². The normalized spacial score (nSPS) is 16.5. The van der Waals surface area contributed by atoms with Crippen LogP contribution in [0, 0.1) is 11.3 Å². The second-order valence-corrected chi connectivity index (χ2v) is 9.07. The second kappa shape index (κ2) is 9.82. The summed E-state index contributed by atoms with van der Waals surface area (Å²) in [6.45, 7) is 6.13. The van der Waals surface area contributed by atoms with Crippen molar-refractivity contribution in [3.63, 3.8) is 0 Å². The van der Waals surface area contributed by atoms with E-state index in [9.17, 15) is 9.59 Å². The van der Waals surface area contributed by atoms with Crippen molar-refractivity contribution < 1.29 is 19.1 Å². The highest BCUT2D eigenvalue weighted by Gasteiger charge is 2.36. The Balaban J connectivity index is 1.61. The molecular formula is C24H21ClN4O4S. The van der Waals surface area contributed by atoms with E-state index in [1.54, 1.807) is 48.5 Å². The number of halogens is 1. The van der Waals surface area contributed by atoms with E-state index in [2.05, 4.69) is 10.1 Å². The molecule has 0 saturated carbocycles. The molecule has 0 aromatic heterocycles. The molecule has 0 bridgehead atoms. The highest BCUT2D eigenvalue weighted by Crippen LogP contribution is 2.33. The molecule has 2 aliphatic heterocycles. The van der Waals surface area contributed by atoms with Crippen molar-refractivity contribution in [1.82, 2.24) is 5.01 Å². The first-order valence-electron chi connectivity index (χ1n) is 10.5. The molecule has 0 spiro atoms. The number of aliphatic imine (C=N–C) groups is 1. The number of nitrogens with one attached hydrogen (secondary N) is 1. The zero-order valence-electron chi connectivity index (χ0n) is 18.7. The monoisotopic (exact) mass is 496 g/mol. The van der Waals surface area contributed by atoms with E-state index >= 15 is 0 Å². The van der Waals surface area contributed by atoms with Crippen LogP contribution >= 0.6 is 23.4 Å². The number of carbonyl (C=O) groups excluding carboxylic acids is 2. The molecule has 10 heteroatoms. The number of esters is 1. The summed E-state index contributed by atoms with van der Waals surface area (Å²) in [5, 5.41) is 16.0. The van der Waals surface area contributed by atoms with Gasteiger partial charge in [0.2, 0.25) is 5.17 Å². The number of ether oxygens (including phenoxy) is 2. The number of nitrogens with zero attached hydrogens (tertiary/aromatic N) is 3. The molecule has 2 aromatic carbocycles. The van der Waals surface area contributed by atoms with Crippen LogP contribution in [0.4, 0.5) is 0 Å². The van der Waals surface area contributed by atoms with Crippen LogP contribution in [-0.2, 0) is 4.79 Å². The Kier molecular flexibility index (Phi) is 6.85. The maximum absolute atomic E-state index is 12.6. The first-order valence-corrected chi connectivity index (χ1v) is 11.7. The largest absolute Gasteiger partial charge is 0.490 e. The number of benzene rings is 2. The van der Waals surface area contributed by atoms with Gasteiger partial charge in [-0.3, -0.25) is 10.2 Å². The van der Waals surface area contributed by atoms with Gasteiger partial charge in [0.15, 0.2) is 17.3 Å². The molecule has 8 nitrogen and oxygen atoms in total. The maximum Gasteiger partial charge on any atom is 0.343 e. The number of rotatable bonds is 6. The van der Waals surface area contributed by atoms with Crippen molar-refractivity contribution in [1.29, 1.82) is 5.41 Å². The Hall–Kier alpha value is -3.43. The summed E-state index contributed by atoms with van der Waals surface area (Å²) < 4.78 is 11.2. The molecular weight excluding hydrogens is 476 g/mol. The lowest BCUT2D eigenvalue weighted by Gasteiger charge is -2.20. The van der Waals surface area contributed by atoms with Gasteiger partial charge in [-0.2, -0.15) is 15.1 Å². The average molecular weight is 497 g/mol. The molecule has 2 aliphatic rings. The van der Waals surface area contributed by atoms with Gasteiger partial charge in [0.1, 0.15) is 5.04 Å². The van der Waals surface area contributed by atoms with Crippen LogP contribution < -0.4 is 9.47 Å². The van der Waals surface area contributed by atoms with Gasteiger partial charge in [0, 0.05) is 10.9 Å². The molecule has 2 heterocycles. The molecule has 1 amide bonds. The van der Waals surface area contributed by atoms with Gasteiger partial charge in [0.05, 0.1) is 17.7 Å². The van der Waals surface area contributed by atoms with Crippen molar-refractivity contribution in [3.8, 4) is 11.5 Å². The Morgan fingerprint density at radius 3 is 2.62 bits per heavy atom. The van der Waals surface area contributed by atoms with Crippen molar-refractivity contribution in [2.45, 2.75) is 20.8 Å². The summed E-state index contributed by atoms with van der Waals surface area (Å²) in [7, 11) is 0. The van der Waals surface area contributed by atoms with Crippen LogP contribution in [0.5, 0.6) is 11.5 Å². The minimum atomic E-state index is -0.555. The SMILES string of the molecule is CCOc1cc(/C=C2\C(=N)N3N=C(C(C)C)SC3=NC2=O)ccc1OC(=O)c1ccc(Cl)cc1. The number of hydrogen-bond acceptors (Lipinski definition) is 7. The van der Waals surface area contributed by atoms with E-state index in [1.807, 2.05) is 20.8 Å². The number of hydrazone groups is 1. The summed E-state index contributed by atoms with van der Waals surface area (Å²) >= 11 is 7.17. The van der Waals surface area contributed by atoms with Gasteiger partial charge >= 0.3 is 5.97 Å². The van der Waals surface area contributed by atoms with Crippen LogP contribution in [0.2, 0.25) is 5.02 Å². The lowest BCUT2D eigenvalue weighted by molar-refractivity contribution is -0.114. The lowest BCUT2D eigenvalue weighted by atomic mass is 10.1. The molecule has 4 rings (SSSR count). The average Bonchev–Trinajstić information content (AvgIpc) is 3.23. The number of fused-ring (bicyclic) bond motifs is 1. The van der Waals surface area contributed by atoms with Crippen LogP contribution in [0.3, 0.4) is 0 Å². The zero-order chi connectivity index (χ0) is 24.4. The molecule has 1 N–H and O–H groups in total. The van der Waals surface area contributed by atoms with E-state index in [0.717, 1.165) is 5.04 Å². The van der Waals surface area contributed by atoms with E-state index in [1.165, 1.54) is 16.8 Å². The summed E-state index contributed by atoms with van der Waals surface area (Å²) in [6.07, 6.45) is 1.55. The molecule has 34 heavy (non-hydrogen) atoms. The van der Waals surface area contributed by atoms with Crippen LogP contribution in [0.25, 0.3) is 6.08 Å². The van der Waals surface area contributed by atoms with Gasteiger partial charge in [0.25, 0.3) is 5.91 Å². The Morgan fingerprint density at radius 2 is 1.94 bits per heavy atom. The third kappa shape index (κ3) is 4.90.